The highest BCUT2D eigenvalue weighted by molar-refractivity contribution is 7.90. The molecule has 0 saturated carbocycles. The Morgan fingerprint density at radius 2 is 1.77 bits per heavy atom. The maximum absolute atomic E-state index is 11.6. The molecule has 3 nitrogen and oxygen atoms in total. The van der Waals surface area contributed by atoms with Gasteiger partial charge in [0, 0.05) is 6.04 Å². The van der Waals surface area contributed by atoms with Gasteiger partial charge in [0.15, 0.2) is 0 Å². The third-order valence-corrected chi connectivity index (χ3v) is 4.21. The second-order valence-corrected chi connectivity index (χ2v) is 6.89. The Balaban J connectivity index is 4.36. The molecule has 0 unspecified atom stereocenters. The number of nitrogens with one attached hydrogen (secondary N) is 1. The minimum Gasteiger partial charge on any atom is -0.212 e. The van der Waals surface area contributed by atoms with Crippen molar-refractivity contribution in [1.82, 2.24) is 4.72 Å². The van der Waals surface area contributed by atoms with Gasteiger partial charge in [0.05, 0.1) is 4.75 Å². The van der Waals surface area contributed by atoms with Crippen LogP contribution in [0.5, 0.6) is 0 Å². The fraction of sp³-hybridized carbons (Fsp3) is 1.00. The van der Waals surface area contributed by atoms with E-state index >= 15 is 0 Å². The Morgan fingerprint density at radius 3 is 2.08 bits per heavy atom. The van der Waals surface area contributed by atoms with Gasteiger partial charge in [0.2, 0.25) is 10.0 Å². The smallest absolute Gasteiger partial charge is 0.212 e. The summed E-state index contributed by atoms with van der Waals surface area (Å²) in [4.78, 5) is 0. The Bertz CT molecular complexity index is 239. The molecule has 0 aromatic carbocycles. The van der Waals surface area contributed by atoms with Crippen LogP contribution in [0.25, 0.3) is 0 Å². The molecule has 80 valence electrons. The number of sulfonamides is 1. The number of rotatable bonds is 4. The zero-order chi connectivity index (χ0) is 10.7. The molecule has 0 bridgehead atoms. The summed E-state index contributed by atoms with van der Waals surface area (Å²) < 4.78 is 25.2. The monoisotopic (exact) mass is 207 g/mol. The fourth-order valence-electron chi connectivity index (χ4n) is 0.934. The van der Waals surface area contributed by atoms with Crippen LogP contribution in [0.3, 0.4) is 0 Å². The molecule has 0 spiro atoms. The Labute approximate surface area is 82.0 Å². The molecule has 13 heavy (non-hydrogen) atoms. The van der Waals surface area contributed by atoms with Crippen molar-refractivity contribution in [2.75, 3.05) is 0 Å². The van der Waals surface area contributed by atoms with Crippen LogP contribution in [0.4, 0.5) is 0 Å². The van der Waals surface area contributed by atoms with E-state index in [0.29, 0.717) is 0 Å². The highest BCUT2D eigenvalue weighted by Crippen LogP contribution is 2.14. The Kier molecular flexibility index (Phi) is 4.39. The summed E-state index contributed by atoms with van der Waals surface area (Å²) in [7, 11) is -3.17. The second-order valence-electron chi connectivity index (χ2n) is 4.42. The Hall–Kier alpha value is -0.0900. The quantitative estimate of drug-likeness (QED) is 0.765. The molecule has 0 heterocycles. The zero-order valence-electron chi connectivity index (χ0n) is 9.22. The lowest BCUT2D eigenvalue weighted by Crippen LogP contribution is -2.43. The predicted molar refractivity (Wildman–Crippen MR) is 56.2 cm³/mol. The molecule has 0 aromatic heterocycles. The van der Waals surface area contributed by atoms with E-state index in [-0.39, 0.29) is 6.04 Å². The van der Waals surface area contributed by atoms with E-state index in [1.165, 1.54) is 0 Å². The average molecular weight is 207 g/mol. The van der Waals surface area contributed by atoms with Crippen molar-refractivity contribution in [2.24, 2.45) is 0 Å². The second kappa shape index (κ2) is 4.42. The average Bonchev–Trinajstić information content (AvgIpc) is 1.83. The van der Waals surface area contributed by atoms with Crippen molar-refractivity contribution in [2.45, 2.75) is 58.2 Å². The molecule has 0 fully saturated rings. The molecule has 0 aromatic rings. The van der Waals surface area contributed by atoms with Gasteiger partial charge in [-0.2, -0.15) is 0 Å². The first-order valence-electron chi connectivity index (χ1n) is 4.72. The highest BCUT2D eigenvalue weighted by Gasteiger charge is 2.29. The van der Waals surface area contributed by atoms with Crippen LogP contribution in [0.1, 0.15) is 47.5 Å². The van der Waals surface area contributed by atoms with E-state index in [0.717, 1.165) is 12.8 Å². The number of hydrogen-bond acceptors (Lipinski definition) is 2. The van der Waals surface area contributed by atoms with Gasteiger partial charge < -0.3 is 0 Å². The highest BCUT2D eigenvalue weighted by atomic mass is 32.2. The van der Waals surface area contributed by atoms with E-state index < -0.39 is 14.8 Å². The summed E-state index contributed by atoms with van der Waals surface area (Å²) in [6.07, 6.45) is 1.88. The molecule has 1 N–H and O–H groups in total. The molecular weight excluding hydrogens is 186 g/mol. The lowest BCUT2D eigenvalue weighted by Gasteiger charge is -2.22. The van der Waals surface area contributed by atoms with Gasteiger partial charge in [-0.15, -0.1) is 0 Å². The molecule has 0 aliphatic rings. The van der Waals surface area contributed by atoms with Crippen LogP contribution in [0.15, 0.2) is 0 Å². The first-order chi connectivity index (χ1) is 5.70. The van der Waals surface area contributed by atoms with E-state index in [4.69, 9.17) is 0 Å². The topological polar surface area (TPSA) is 46.2 Å². The maximum atomic E-state index is 11.6. The molecular formula is C9H21NO2S. The molecule has 1 atom stereocenters. The number of hydrogen-bond donors (Lipinski definition) is 1. The predicted octanol–water partition coefficient (Wildman–Crippen LogP) is 1.89. The van der Waals surface area contributed by atoms with E-state index in [1.807, 2.05) is 13.8 Å². The van der Waals surface area contributed by atoms with Crippen LogP contribution >= 0.6 is 0 Å². The molecule has 4 heteroatoms. The molecule has 0 amide bonds. The Morgan fingerprint density at radius 1 is 1.31 bits per heavy atom. The van der Waals surface area contributed by atoms with Gasteiger partial charge in [-0.3, -0.25) is 0 Å². The van der Waals surface area contributed by atoms with Crippen molar-refractivity contribution >= 4 is 10.0 Å². The van der Waals surface area contributed by atoms with Gasteiger partial charge in [-0.05, 0) is 34.1 Å². The third-order valence-electron chi connectivity index (χ3n) is 1.88. The molecule has 0 radical (unpaired) electrons. The van der Waals surface area contributed by atoms with Gasteiger partial charge in [0.25, 0.3) is 0 Å². The van der Waals surface area contributed by atoms with Crippen molar-refractivity contribution in [1.29, 1.82) is 0 Å². The summed E-state index contributed by atoms with van der Waals surface area (Å²) in [5.74, 6) is 0. The van der Waals surface area contributed by atoms with Gasteiger partial charge >= 0.3 is 0 Å². The lowest BCUT2D eigenvalue weighted by atomic mass is 10.2. The van der Waals surface area contributed by atoms with Crippen molar-refractivity contribution in [3.8, 4) is 0 Å². The van der Waals surface area contributed by atoms with Crippen LogP contribution in [-0.2, 0) is 10.0 Å². The third kappa shape index (κ3) is 4.09. The summed E-state index contributed by atoms with van der Waals surface area (Å²) in [5, 5.41) is 0. The molecule has 0 saturated heterocycles. The SMILES string of the molecule is CCC[C@@H](C)NS(=O)(=O)C(C)(C)C. The van der Waals surface area contributed by atoms with Crippen molar-refractivity contribution < 1.29 is 8.42 Å². The van der Waals surface area contributed by atoms with Crippen LogP contribution in [-0.4, -0.2) is 19.2 Å². The van der Waals surface area contributed by atoms with E-state index in [2.05, 4.69) is 4.72 Å². The van der Waals surface area contributed by atoms with Crippen LogP contribution < -0.4 is 4.72 Å². The van der Waals surface area contributed by atoms with Gasteiger partial charge in [0.1, 0.15) is 0 Å². The van der Waals surface area contributed by atoms with Crippen LogP contribution in [0.2, 0.25) is 0 Å². The first kappa shape index (κ1) is 12.9. The normalized spacial score (nSPS) is 15.8. The summed E-state index contributed by atoms with van der Waals surface area (Å²) >= 11 is 0. The standard InChI is InChI=1S/C9H21NO2S/c1-6-7-8(2)10-13(11,12)9(3,4)5/h8,10H,6-7H2,1-5H3/t8-/m1/s1. The lowest BCUT2D eigenvalue weighted by molar-refractivity contribution is 0.516. The molecule has 0 aliphatic heterocycles. The largest absolute Gasteiger partial charge is 0.216 e. The van der Waals surface area contributed by atoms with Crippen molar-refractivity contribution in [3.05, 3.63) is 0 Å². The fourth-order valence-corrected chi connectivity index (χ4v) is 1.93. The summed E-state index contributed by atoms with van der Waals surface area (Å²) in [6, 6.07) is 0.0363. The van der Waals surface area contributed by atoms with Gasteiger partial charge in [-0.1, -0.05) is 13.3 Å². The molecule has 0 aliphatic carbocycles. The van der Waals surface area contributed by atoms with Crippen LogP contribution in [0, 0.1) is 0 Å². The molecule has 0 rings (SSSR count). The van der Waals surface area contributed by atoms with Crippen molar-refractivity contribution in [3.63, 3.8) is 0 Å². The first-order valence-corrected chi connectivity index (χ1v) is 6.21. The van der Waals surface area contributed by atoms with Gasteiger partial charge in [-0.25, -0.2) is 13.1 Å². The van der Waals surface area contributed by atoms with E-state index in [1.54, 1.807) is 20.8 Å². The summed E-state index contributed by atoms with van der Waals surface area (Å²) in [6.45, 7) is 9.05. The minimum absolute atomic E-state index is 0.0363. The minimum atomic E-state index is -3.17. The zero-order valence-corrected chi connectivity index (χ0v) is 10.0. The summed E-state index contributed by atoms with van der Waals surface area (Å²) in [5.41, 5.74) is 0. The maximum Gasteiger partial charge on any atom is 0.216 e. The van der Waals surface area contributed by atoms with E-state index in [9.17, 15) is 8.42 Å².